The molecule has 2 fully saturated rings. The molecule has 1 saturated heterocycles. The molecule has 1 aromatic carbocycles. The second kappa shape index (κ2) is 14.5. The summed E-state index contributed by atoms with van der Waals surface area (Å²) in [5.74, 6) is -1.43. The molecule has 1 saturated carbocycles. The van der Waals surface area contributed by atoms with Crippen molar-refractivity contribution < 1.29 is 33.4 Å². The van der Waals surface area contributed by atoms with Gasteiger partial charge in [0.2, 0.25) is 17.7 Å². The first-order chi connectivity index (χ1) is 20.9. The number of imide groups is 1. The van der Waals surface area contributed by atoms with Crippen LogP contribution in [0.25, 0.3) is 10.4 Å². The molecule has 0 spiro atoms. The minimum Gasteiger partial charge on any atom is -0.444 e. The van der Waals surface area contributed by atoms with Crippen molar-refractivity contribution in [1.29, 1.82) is 0 Å². The number of hydrogen-bond donors (Lipinski definition) is 2. The lowest BCUT2D eigenvalue weighted by Crippen LogP contribution is -2.52. The summed E-state index contributed by atoms with van der Waals surface area (Å²) in [6.07, 6.45) is 4.34. The quantitative estimate of drug-likeness (QED) is 0.124. The zero-order valence-electron chi connectivity index (χ0n) is 25.5. The van der Waals surface area contributed by atoms with Gasteiger partial charge in [0, 0.05) is 54.4 Å². The lowest BCUT2D eigenvalue weighted by molar-refractivity contribution is -0.137. The number of carbonyl (C=O) groups is 5. The van der Waals surface area contributed by atoms with Crippen molar-refractivity contribution in [3.63, 3.8) is 0 Å². The van der Waals surface area contributed by atoms with Gasteiger partial charge in [-0.25, -0.2) is 4.79 Å². The van der Waals surface area contributed by atoms with E-state index in [-0.39, 0.29) is 61.9 Å². The molecule has 1 aliphatic carbocycles. The molecular weight excluding hydrogens is 570 g/mol. The molecule has 14 nitrogen and oxygen atoms in total. The average Bonchev–Trinajstić information content (AvgIpc) is 3.27. The van der Waals surface area contributed by atoms with Crippen LogP contribution in [0, 0.1) is 0 Å². The molecule has 1 atom stereocenters. The normalized spacial score (nSPS) is 21.7. The van der Waals surface area contributed by atoms with Crippen LogP contribution < -0.4 is 10.6 Å². The Kier molecular flexibility index (Phi) is 10.8. The average molecular weight is 612 g/mol. The molecule has 14 heteroatoms. The van der Waals surface area contributed by atoms with Crippen LogP contribution in [0.15, 0.2) is 23.3 Å². The number of nitrogens with one attached hydrogen (secondary N) is 2. The highest BCUT2D eigenvalue weighted by molar-refractivity contribution is 6.05. The molecule has 238 valence electrons. The van der Waals surface area contributed by atoms with Gasteiger partial charge in [0.05, 0.1) is 0 Å². The number of fused-ring (bicyclic) bond motifs is 1. The second-order valence-electron chi connectivity index (χ2n) is 12.4. The predicted molar refractivity (Wildman–Crippen MR) is 159 cm³/mol. The number of azide groups is 1. The molecule has 0 bridgehead atoms. The molecule has 2 N–H and O–H groups in total. The smallest absolute Gasteiger partial charge is 0.410 e. The number of ether oxygens (including phenoxy) is 2. The summed E-state index contributed by atoms with van der Waals surface area (Å²) < 4.78 is 11.2. The maximum absolute atomic E-state index is 12.9. The minimum absolute atomic E-state index is 0.0143. The molecule has 44 heavy (non-hydrogen) atoms. The van der Waals surface area contributed by atoms with E-state index in [0.29, 0.717) is 42.8 Å². The Labute approximate surface area is 256 Å². The van der Waals surface area contributed by atoms with Gasteiger partial charge >= 0.3 is 6.09 Å². The summed E-state index contributed by atoms with van der Waals surface area (Å²) in [5.41, 5.74) is 9.77. The van der Waals surface area contributed by atoms with Gasteiger partial charge in [-0.3, -0.25) is 24.5 Å². The van der Waals surface area contributed by atoms with Crippen molar-refractivity contribution >= 4 is 35.4 Å². The fraction of sp³-hybridized carbons (Fsp3) is 0.633. The van der Waals surface area contributed by atoms with E-state index in [1.807, 2.05) is 20.8 Å². The summed E-state index contributed by atoms with van der Waals surface area (Å²) in [5, 5.41) is 8.88. The number of piperidine rings is 1. The van der Waals surface area contributed by atoms with Gasteiger partial charge in [0.15, 0.2) is 0 Å². The third kappa shape index (κ3) is 8.70. The molecule has 2 aliphatic heterocycles. The third-order valence-corrected chi connectivity index (χ3v) is 7.93. The Morgan fingerprint density at radius 3 is 2.57 bits per heavy atom. The summed E-state index contributed by atoms with van der Waals surface area (Å²) in [4.78, 5) is 68.2. The van der Waals surface area contributed by atoms with Crippen molar-refractivity contribution in [2.45, 2.75) is 102 Å². The van der Waals surface area contributed by atoms with Crippen LogP contribution in [0.2, 0.25) is 0 Å². The summed E-state index contributed by atoms with van der Waals surface area (Å²) in [6, 6.07) is 4.24. The standard InChI is InChI=1S/C30H41N7O7/c1-30(2,3)44-29(42)36(22-9-6-20(7-10-22)34-35-31)14-4-5-15-43-18-26(39)32-21-8-11-23-19(16-21)17-37(28(23)41)24-12-13-25(38)33-27(24)40/h8,11,16,20,22,24H,4-7,9-10,12-15,17-18H2,1-3H3,(H,32,39)(H,33,38,40). The van der Waals surface area contributed by atoms with E-state index >= 15 is 0 Å². The second-order valence-corrected chi connectivity index (χ2v) is 12.4. The molecule has 2 heterocycles. The van der Waals surface area contributed by atoms with Gasteiger partial charge in [-0.1, -0.05) is 5.11 Å². The number of benzene rings is 1. The van der Waals surface area contributed by atoms with Gasteiger partial charge in [-0.05, 0) is 95.0 Å². The highest BCUT2D eigenvalue weighted by Gasteiger charge is 2.39. The van der Waals surface area contributed by atoms with E-state index in [0.717, 1.165) is 25.7 Å². The molecule has 4 rings (SSSR count). The van der Waals surface area contributed by atoms with E-state index in [9.17, 15) is 24.0 Å². The van der Waals surface area contributed by atoms with E-state index < -0.39 is 17.6 Å². The number of anilines is 1. The molecular formula is C30H41N7O7. The van der Waals surface area contributed by atoms with Crippen molar-refractivity contribution in [2.24, 2.45) is 5.11 Å². The van der Waals surface area contributed by atoms with E-state index in [2.05, 4.69) is 20.7 Å². The van der Waals surface area contributed by atoms with Gasteiger partial charge in [0.25, 0.3) is 5.91 Å². The maximum Gasteiger partial charge on any atom is 0.410 e. The van der Waals surface area contributed by atoms with Crippen molar-refractivity contribution in [3.8, 4) is 0 Å². The fourth-order valence-corrected chi connectivity index (χ4v) is 5.80. The van der Waals surface area contributed by atoms with Gasteiger partial charge < -0.3 is 24.6 Å². The topological polar surface area (TPSA) is 183 Å². The van der Waals surface area contributed by atoms with Crippen molar-refractivity contribution in [3.05, 3.63) is 39.8 Å². The zero-order chi connectivity index (χ0) is 31.9. The molecule has 3 aliphatic rings. The van der Waals surface area contributed by atoms with Crippen molar-refractivity contribution in [2.75, 3.05) is 25.1 Å². The summed E-state index contributed by atoms with van der Waals surface area (Å²) in [6.45, 7) is 6.38. The summed E-state index contributed by atoms with van der Waals surface area (Å²) >= 11 is 0. The Morgan fingerprint density at radius 2 is 1.89 bits per heavy atom. The van der Waals surface area contributed by atoms with Crippen LogP contribution >= 0.6 is 0 Å². The maximum atomic E-state index is 12.9. The Balaban J connectivity index is 1.20. The Morgan fingerprint density at radius 1 is 1.14 bits per heavy atom. The Hall–Kier alpha value is -4.16. The summed E-state index contributed by atoms with van der Waals surface area (Å²) in [7, 11) is 0. The van der Waals surface area contributed by atoms with Crippen LogP contribution in [0.5, 0.6) is 0 Å². The monoisotopic (exact) mass is 611 g/mol. The lowest BCUT2D eigenvalue weighted by Gasteiger charge is -2.37. The van der Waals surface area contributed by atoms with Gasteiger partial charge in [0.1, 0.15) is 18.2 Å². The number of nitrogens with zero attached hydrogens (tertiary/aromatic N) is 5. The first-order valence-corrected chi connectivity index (χ1v) is 15.1. The molecule has 1 unspecified atom stereocenters. The van der Waals surface area contributed by atoms with Gasteiger partial charge in [-0.2, -0.15) is 0 Å². The van der Waals surface area contributed by atoms with Gasteiger partial charge in [-0.15, -0.1) is 0 Å². The number of carbonyl (C=O) groups excluding carboxylic acids is 5. The third-order valence-electron chi connectivity index (χ3n) is 7.93. The predicted octanol–water partition coefficient (Wildman–Crippen LogP) is 4.04. The first kappa shape index (κ1) is 32.7. The lowest BCUT2D eigenvalue weighted by atomic mass is 9.90. The molecule has 5 amide bonds. The van der Waals surface area contributed by atoms with Crippen LogP contribution in [0.3, 0.4) is 0 Å². The fourth-order valence-electron chi connectivity index (χ4n) is 5.80. The van der Waals surface area contributed by atoms with E-state index in [1.54, 1.807) is 23.1 Å². The molecule has 1 aromatic rings. The van der Waals surface area contributed by atoms with Crippen LogP contribution in [-0.4, -0.2) is 83.0 Å². The highest BCUT2D eigenvalue weighted by atomic mass is 16.6. The van der Waals surface area contributed by atoms with Crippen LogP contribution in [0.1, 0.15) is 88.1 Å². The van der Waals surface area contributed by atoms with Crippen molar-refractivity contribution in [1.82, 2.24) is 15.1 Å². The number of unbranched alkanes of at least 4 members (excludes halogenated alkanes) is 1. The van der Waals surface area contributed by atoms with E-state index in [1.165, 1.54) is 4.90 Å². The Bertz CT molecular complexity index is 1310. The highest BCUT2D eigenvalue weighted by Crippen LogP contribution is 2.30. The zero-order valence-corrected chi connectivity index (χ0v) is 25.5. The minimum atomic E-state index is -0.700. The number of hydrogen-bond acceptors (Lipinski definition) is 8. The number of amides is 5. The number of rotatable bonds is 11. The van der Waals surface area contributed by atoms with Crippen LogP contribution in [-0.2, 0) is 30.4 Å². The molecule has 0 radical (unpaired) electrons. The largest absolute Gasteiger partial charge is 0.444 e. The molecule has 0 aromatic heterocycles. The van der Waals surface area contributed by atoms with Crippen LogP contribution in [0.4, 0.5) is 10.5 Å². The van der Waals surface area contributed by atoms with E-state index in [4.69, 9.17) is 15.0 Å². The SMILES string of the molecule is CC(C)(C)OC(=O)N(CCCCOCC(=O)Nc1ccc2c(c1)CN(C1CCC(=O)NC1=O)C2=O)C1CCC(N=[N+]=[N-])CC1. The first-order valence-electron chi connectivity index (χ1n) is 15.1.